The van der Waals surface area contributed by atoms with Crippen molar-refractivity contribution >= 4 is 5.91 Å². The molecule has 0 bridgehead atoms. The van der Waals surface area contributed by atoms with Crippen molar-refractivity contribution in [2.24, 2.45) is 11.1 Å². The van der Waals surface area contributed by atoms with Crippen molar-refractivity contribution in [1.29, 1.82) is 0 Å². The number of nitrogens with two attached hydrogens (primary N) is 1. The average molecular weight is 224 g/mol. The Morgan fingerprint density at radius 2 is 2.12 bits per heavy atom. The summed E-state index contributed by atoms with van der Waals surface area (Å²) < 4.78 is 0. The molecule has 3 heteroatoms. The van der Waals surface area contributed by atoms with Crippen molar-refractivity contribution in [3.05, 3.63) is 0 Å². The van der Waals surface area contributed by atoms with E-state index in [9.17, 15) is 4.79 Å². The van der Waals surface area contributed by atoms with Gasteiger partial charge in [0.2, 0.25) is 5.91 Å². The zero-order valence-corrected chi connectivity index (χ0v) is 10.4. The first-order valence-corrected chi connectivity index (χ1v) is 6.74. The van der Waals surface area contributed by atoms with Gasteiger partial charge in [0.1, 0.15) is 0 Å². The van der Waals surface area contributed by atoms with Crippen LogP contribution in [0.15, 0.2) is 0 Å². The number of rotatable bonds is 3. The highest BCUT2D eigenvalue weighted by atomic mass is 16.2. The molecule has 2 rings (SSSR count). The standard InChI is InChI=1S/C13H24N2O/c1-2-11-6-3-4-9-15(11)12(16)13(10-14)7-5-8-13/h11H,2-10,14H2,1H3. The maximum atomic E-state index is 12.5. The zero-order valence-electron chi connectivity index (χ0n) is 10.4. The highest BCUT2D eigenvalue weighted by Gasteiger charge is 2.46. The number of hydrogen-bond acceptors (Lipinski definition) is 2. The van der Waals surface area contributed by atoms with Crippen molar-refractivity contribution in [1.82, 2.24) is 4.90 Å². The van der Waals surface area contributed by atoms with Crippen molar-refractivity contribution in [3.63, 3.8) is 0 Å². The van der Waals surface area contributed by atoms with E-state index < -0.39 is 0 Å². The van der Waals surface area contributed by atoms with Crippen LogP contribution in [0.1, 0.15) is 51.9 Å². The van der Waals surface area contributed by atoms with E-state index in [1.165, 1.54) is 25.7 Å². The molecule has 1 aliphatic heterocycles. The smallest absolute Gasteiger partial charge is 0.230 e. The van der Waals surface area contributed by atoms with Gasteiger partial charge in [0, 0.05) is 19.1 Å². The van der Waals surface area contributed by atoms with E-state index in [1.807, 2.05) is 0 Å². The molecular weight excluding hydrogens is 200 g/mol. The lowest BCUT2D eigenvalue weighted by atomic mass is 9.67. The van der Waals surface area contributed by atoms with E-state index >= 15 is 0 Å². The fraction of sp³-hybridized carbons (Fsp3) is 0.923. The number of likely N-dealkylation sites (tertiary alicyclic amines) is 1. The molecule has 2 fully saturated rings. The van der Waals surface area contributed by atoms with E-state index in [2.05, 4.69) is 11.8 Å². The summed E-state index contributed by atoms with van der Waals surface area (Å²) in [7, 11) is 0. The Kier molecular flexibility index (Phi) is 3.53. The Labute approximate surface area is 98.4 Å². The lowest BCUT2D eigenvalue weighted by molar-refractivity contribution is -0.150. The van der Waals surface area contributed by atoms with Crippen LogP contribution in [0, 0.1) is 5.41 Å². The molecule has 0 aromatic rings. The summed E-state index contributed by atoms with van der Waals surface area (Å²) in [5.74, 6) is 0.354. The van der Waals surface area contributed by atoms with Crippen molar-refractivity contribution in [3.8, 4) is 0 Å². The van der Waals surface area contributed by atoms with Crippen LogP contribution < -0.4 is 5.73 Å². The number of carbonyl (C=O) groups excluding carboxylic acids is 1. The fourth-order valence-corrected chi connectivity index (χ4v) is 3.11. The van der Waals surface area contributed by atoms with Crippen molar-refractivity contribution < 1.29 is 4.79 Å². The van der Waals surface area contributed by atoms with Gasteiger partial charge in [-0.25, -0.2) is 0 Å². The fourth-order valence-electron chi connectivity index (χ4n) is 3.11. The second-order valence-corrected chi connectivity index (χ2v) is 5.39. The third-order valence-corrected chi connectivity index (χ3v) is 4.51. The van der Waals surface area contributed by atoms with E-state index in [-0.39, 0.29) is 5.41 Å². The Morgan fingerprint density at radius 3 is 2.62 bits per heavy atom. The number of nitrogens with zero attached hydrogens (tertiary/aromatic N) is 1. The summed E-state index contributed by atoms with van der Waals surface area (Å²) in [6.45, 7) is 3.68. The quantitative estimate of drug-likeness (QED) is 0.796. The minimum Gasteiger partial charge on any atom is -0.339 e. The first-order chi connectivity index (χ1) is 7.73. The highest BCUT2D eigenvalue weighted by molar-refractivity contribution is 5.84. The van der Waals surface area contributed by atoms with Gasteiger partial charge in [-0.05, 0) is 38.5 Å². The molecule has 0 spiro atoms. The average Bonchev–Trinajstić information content (AvgIpc) is 2.28. The predicted octanol–water partition coefficient (Wildman–Crippen LogP) is 1.91. The van der Waals surface area contributed by atoms with E-state index in [0.29, 0.717) is 18.5 Å². The second-order valence-electron chi connectivity index (χ2n) is 5.39. The maximum Gasteiger partial charge on any atom is 0.230 e. The predicted molar refractivity (Wildman–Crippen MR) is 65.0 cm³/mol. The maximum absolute atomic E-state index is 12.5. The van der Waals surface area contributed by atoms with Crippen LogP contribution in [0.4, 0.5) is 0 Å². The second kappa shape index (κ2) is 4.74. The molecule has 2 N–H and O–H groups in total. The number of amides is 1. The lowest BCUT2D eigenvalue weighted by Gasteiger charge is -2.46. The molecule has 0 aromatic heterocycles. The molecule has 1 aliphatic carbocycles. The van der Waals surface area contributed by atoms with Crippen molar-refractivity contribution in [2.75, 3.05) is 13.1 Å². The molecule has 0 radical (unpaired) electrons. The Bertz CT molecular complexity index is 255. The Hall–Kier alpha value is -0.570. The first kappa shape index (κ1) is 11.9. The molecule has 1 unspecified atom stereocenters. The number of hydrogen-bond donors (Lipinski definition) is 1. The van der Waals surface area contributed by atoms with Gasteiger partial charge < -0.3 is 10.6 Å². The molecule has 1 atom stereocenters. The minimum atomic E-state index is -0.176. The Morgan fingerprint density at radius 1 is 1.38 bits per heavy atom. The van der Waals surface area contributed by atoms with E-state index in [4.69, 9.17) is 5.73 Å². The van der Waals surface area contributed by atoms with Gasteiger partial charge in [-0.15, -0.1) is 0 Å². The molecule has 1 saturated heterocycles. The molecule has 1 amide bonds. The van der Waals surface area contributed by atoms with Gasteiger partial charge in [-0.1, -0.05) is 13.3 Å². The Balaban J connectivity index is 2.07. The SMILES string of the molecule is CCC1CCCCN1C(=O)C1(CN)CCC1. The van der Waals surface area contributed by atoms with Crippen LogP contribution in [0.2, 0.25) is 0 Å². The molecule has 2 aliphatic rings. The molecule has 16 heavy (non-hydrogen) atoms. The van der Waals surface area contributed by atoms with Gasteiger partial charge in [0.15, 0.2) is 0 Å². The monoisotopic (exact) mass is 224 g/mol. The van der Waals surface area contributed by atoms with Crippen LogP contribution >= 0.6 is 0 Å². The zero-order chi connectivity index (χ0) is 11.6. The summed E-state index contributed by atoms with van der Waals surface area (Å²) >= 11 is 0. The van der Waals surface area contributed by atoms with Crippen LogP contribution in [0.25, 0.3) is 0 Å². The molecular formula is C13H24N2O. The molecule has 92 valence electrons. The van der Waals surface area contributed by atoms with Crippen LogP contribution in [-0.2, 0) is 4.79 Å². The third kappa shape index (κ3) is 1.86. The molecule has 1 heterocycles. The summed E-state index contributed by atoms with van der Waals surface area (Å²) in [5.41, 5.74) is 5.64. The third-order valence-electron chi connectivity index (χ3n) is 4.51. The van der Waals surface area contributed by atoms with E-state index in [1.54, 1.807) is 0 Å². The van der Waals surface area contributed by atoms with Gasteiger partial charge in [0.05, 0.1) is 5.41 Å². The largest absolute Gasteiger partial charge is 0.339 e. The number of carbonyl (C=O) groups is 1. The van der Waals surface area contributed by atoms with Crippen molar-refractivity contribution in [2.45, 2.75) is 57.9 Å². The molecule has 1 saturated carbocycles. The van der Waals surface area contributed by atoms with Crippen LogP contribution in [-0.4, -0.2) is 29.9 Å². The van der Waals surface area contributed by atoms with Crippen LogP contribution in [0.5, 0.6) is 0 Å². The minimum absolute atomic E-state index is 0.176. The summed E-state index contributed by atoms with van der Waals surface area (Å²) in [6.07, 6.45) is 7.91. The van der Waals surface area contributed by atoms with Gasteiger partial charge in [-0.3, -0.25) is 4.79 Å². The van der Waals surface area contributed by atoms with Crippen LogP contribution in [0.3, 0.4) is 0 Å². The lowest BCUT2D eigenvalue weighted by Crippen LogP contribution is -2.55. The highest BCUT2D eigenvalue weighted by Crippen LogP contribution is 2.42. The van der Waals surface area contributed by atoms with Gasteiger partial charge in [-0.2, -0.15) is 0 Å². The van der Waals surface area contributed by atoms with E-state index in [0.717, 1.165) is 25.8 Å². The van der Waals surface area contributed by atoms with Gasteiger partial charge >= 0.3 is 0 Å². The summed E-state index contributed by atoms with van der Waals surface area (Å²) in [4.78, 5) is 14.7. The van der Waals surface area contributed by atoms with Gasteiger partial charge in [0.25, 0.3) is 0 Å². The normalized spacial score (nSPS) is 28.6. The molecule has 3 nitrogen and oxygen atoms in total. The number of piperidine rings is 1. The molecule has 0 aromatic carbocycles. The first-order valence-electron chi connectivity index (χ1n) is 6.74. The summed E-state index contributed by atoms with van der Waals surface area (Å²) in [6, 6.07) is 0.477. The topological polar surface area (TPSA) is 46.3 Å². The summed E-state index contributed by atoms with van der Waals surface area (Å²) in [5, 5.41) is 0.